The Kier molecular flexibility index (Phi) is 6.99. The van der Waals surface area contributed by atoms with Crippen molar-refractivity contribution < 1.29 is 36.3 Å². The van der Waals surface area contributed by atoms with E-state index >= 15 is 0 Å². The molecule has 0 radical (unpaired) electrons. The van der Waals surface area contributed by atoms with E-state index in [0.717, 1.165) is 23.1 Å². The molecular weight excluding hydrogens is 463 g/mol. The first-order valence-electron chi connectivity index (χ1n) is 10.7. The van der Waals surface area contributed by atoms with Gasteiger partial charge >= 0.3 is 12.3 Å². The standard InChI is InChI=1S/C21H28F3N3O5S/c1-12(2)18(26(3)20(29)30)19(28)25-17-8-7-13-10-27(11-16(13)17)33(31,32)15-6-4-5-14(9-15)21(22,23)24/h4-6,9,12-13,16-18H,7-8,10-11H2,1-3H3,(H,25,28)(H,29,30)/t13-,16+,17+,18-/m0/s1. The summed E-state index contributed by atoms with van der Waals surface area (Å²) < 4.78 is 66.4. The van der Waals surface area contributed by atoms with Crippen LogP contribution in [0.1, 0.15) is 32.3 Å². The highest BCUT2D eigenvalue weighted by atomic mass is 32.2. The van der Waals surface area contributed by atoms with Gasteiger partial charge in [-0.15, -0.1) is 0 Å². The summed E-state index contributed by atoms with van der Waals surface area (Å²) in [4.78, 5) is 24.7. The molecule has 2 N–H and O–H groups in total. The van der Waals surface area contributed by atoms with Crippen LogP contribution in [0.15, 0.2) is 29.2 Å². The number of hydrogen-bond donors (Lipinski definition) is 2. The van der Waals surface area contributed by atoms with Crippen molar-refractivity contribution in [2.45, 2.75) is 49.8 Å². The molecular formula is C21H28F3N3O5S. The van der Waals surface area contributed by atoms with Crippen molar-refractivity contribution in [1.29, 1.82) is 0 Å². The minimum absolute atomic E-state index is 0.0365. The van der Waals surface area contributed by atoms with Crippen LogP contribution in [-0.2, 0) is 21.0 Å². The van der Waals surface area contributed by atoms with Gasteiger partial charge in [0.15, 0.2) is 0 Å². The highest BCUT2D eigenvalue weighted by molar-refractivity contribution is 7.89. The predicted octanol–water partition coefficient (Wildman–Crippen LogP) is 2.86. The summed E-state index contributed by atoms with van der Waals surface area (Å²) in [6.07, 6.45) is -4.60. The minimum atomic E-state index is -4.65. The van der Waals surface area contributed by atoms with Crippen molar-refractivity contribution in [2.24, 2.45) is 17.8 Å². The van der Waals surface area contributed by atoms with E-state index in [0.29, 0.717) is 18.9 Å². The lowest BCUT2D eigenvalue weighted by Crippen LogP contribution is -2.53. The maximum Gasteiger partial charge on any atom is 0.416 e. The number of benzene rings is 1. The van der Waals surface area contributed by atoms with Gasteiger partial charge in [0.2, 0.25) is 15.9 Å². The first-order valence-corrected chi connectivity index (χ1v) is 12.1. The molecule has 2 aliphatic rings. The van der Waals surface area contributed by atoms with E-state index in [9.17, 15) is 36.3 Å². The van der Waals surface area contributed by atoms with Crippen molar-refractivity contribution >= 4 is 22.0 Å². The van der Waals surface area contributed by atoms with Crippen LogP contribution >= 0.6 is 0 Å². The molecule has 0 unspecified atom stereocenters. The molecule has 1 aliphatic carbocycles. The van der Waals surface area contributed by atoms with Crippen LogP contribution in [0.3, 0.4) is 0 Å². The lowest BCUT2D eigenvalue weighted by atomic mass is 9.96. The van der Waals surface area contributed by atoms with E-state index in [1.807, 2.05) is 0 Å². The molecule has 0 aromatic heterocycles. The van der Waals surface area contributed by atoms with Crippen LogP contribution in [0.2, 0.25) is 0 Å². The maximum atomic E-state index is 13.0. The van der Waals surface area contributed by atoms with E-state index in [1.165, 1.54) is 11.4 Å². The molecule has 1 aromatic rings. The Hall–Kier alpha value is -2.34. The fraction of sp³-hybridized carbons (Fsp3) is 0.619. The van der Waals surface area contributed by atoms with Crippen molar-refractivity contribution in [1.82, 2.24) is 14.5 Å². The van der Waals surface area contributed by atoms with Crippen molar-refractivity contribution in [2.75, 3.05) is 20.1 Å². The predicted molar refractivity (Wildman–Crippen MR) is 113 cm³/mol. The highest BCUT2D eigenvalue weighted by Crippen LogP contribution is 2.41. The number of carbonyl (C=O) groups excluding carboxylic acids is 1. The van der Waals surface area contributed by atoms with Gasteiger partial charge in [0, 0.05) is 26.2 Å². The fourth-order valence-electron chi connectivity index (χ4n) is 4.89. The summed E-state index contributed by atoms with van der Waals surface area (Å²) >= 11 is 0. The molecule has 1 aromatic carbocycles. The number of carboxylic acid groups (broad SMARTS) is 1. The van der Waals surface area contributed by atoms with Crippen LogP contribution in [0, 0.1) is 17.8 Å². The molecule has 3 rings (SSSR count). The number of rotatable bonds is 6. The second-order valence-electron chi connectivity index (χ2n) is 9.05. The lowest BCUT2D eigenvalue weighted by Gasteiger charge is -2.30. The first-order chi connectivity index (χ1) is 15.2. The third kappa shape index (κ3) is 5.11. The second kappa shape index (κ2) is 9.13. The summed E-state index contributed by atoms with van der Waals surface area (Å²) in [5, 5.41) is 12.2. The van der Waals surface area contributed by atoms with Gasteiger partial charge in [-0.25, -0.2) is 13.2 Å². The quantitative estimate of drug-likeness (QED) is 0.637. The van der Waals surface area contributed by atoms with Crippen LogP contribution in [-0.4, -0.2) is 67.0 Å². The van der Waals surface area contributed by atoms with Gasteiger partial charge in [0.1, 0.15) is 6.04 Å². The molecule has 2 fully saturated rings. The number of likely N-dealkylation sites (N-methyl/N-ethyl adjacent to an activating group) is 1. The molecule has 1 heterocycles. The van der Waals surface area contributed by atoms with Gasteiger partial charge in [-0.3, -0.25) is 9.69 Å². The Bertz CT molecular complexity index is 1010. The van der Waals surface area contributed by atoms with Crippen LogP contribution in [0.25, 0.3) is 0 Å². The van der Waals surface area contributed by atoms with E-state index in [-0.39, 0.29) is 36.9 Å². The van der Waals surface area contributed by atoms with E-state index in [4.69, 9.17) is 0 Å². The number of carbonyl (C=O) groups is 2. The molecule has 184 valence electrons. The Morgan fingerprint density at radius 3 is 2.45 bits per heavy atom. The molecule has 2 amide bonds. The third-order valence-corrected chi connectivity index (χ3v) is 8.40. The molecule has 1 saturated heterocycles. The van der Waals surface area contributed by atoms with Crippen LogP contribution in [0.5, 0.6) is 0 Å². The Morgan fingerprint density at radius 2 is 1.88 bits per heavy atom. The summed E-state index contributed by atoms with van der Waals surface area (Å²) in [6.45, 7) is 3.72. The summed E-state index contributed by atoms with van der Waals surface area (Å²) in [6, 6.07) is 2.44. The minimum Gasteiger partial charge on any atom is -0.465 e. The Morgan fingerprint density at radius 1 is 1.21 bits per heavy atom. The number of nitrogens with one attached hydrogen (secondary N) is 1. The summed E-state index contributed by atoms with van der Waals surface area (Å²) in [5.74, 6) is -0.951. The summed E-state index contributed by atoms with van der Waals surface area (Å²) in [7, 11) is -2.81. The number of hydrogen-bond acceptors (Lipinski definition) is 4. The number of nitrogens with zero attached hydrogens (tertiary/aromatic N) is 2. The molecule has 0 spiro atoms. The van der Waals surface area contributed by atoms with E-state index in [1.54, 1.807) is 13.8 Å². The average molecular weight is 492 g/mol. The Balaban J connectivity index is 1.74. The average Bonchev–Trinajstić information content (AvgIpc) is 3.29. The van der Waals surface area contributed by atoms with Gasteiger partial charge < -0.3 is 10.4 Å². The molecule has 33 heavy (non-hydrogen) atoms. The molecule has 0 bridgehead atoms. The number of alkyl halides is 3. The molecule has 8 nitrogen and oxygen atoms in total. The van der Waals surface area contributed by atoms with Gasteiger partial charge in [0.25, 0.3) is 0 Å². The topological polar surface area (TPSA) is 107 Å². The smallest absolute Gasteiger partial charge is 0.416 e. The largest absolute Gasteiger partial charge is 0.465 e. The Labute approximate surface area is 190 Å². The van der Waals surface area contributed by atoms with Gasteiger partial charge in [-0.1, -0.05) is 19.9 Å². The fourth-order valence-corrected chi connectivity index (χ4v) is 6.48. The lowest BCUT2D eigenvalue weighted by molar-refractivity contribution is -0.137. The van der Waals surface area contributed by atoms with Gasteiger partial charge in [-0.2, -0.15) is 17.5 Å². The van der Waals surface area contributed by atoms with Crippen molar-refractivity contribution in [3.05, 3.63) is 29.8 Å². The normalized spacial score (nSPS) is 24.5. The van der Waals surface area contributed by atoms with Crippen molar-refractivity contribution in [3.8, 4) is 0 Å². The number of sulfonamides is 1. The van der Waals surface area contributed by atoms with E-state index in [2.05, 4.69) is 5.32 Å². The molecule has 12 heteroatoms. The van der Waals surface area contributed by atoms with Crippen molar-refractivity contribution in [3.63, 3.8) is 0 Å². The van der Waals surface area contributed by atoms with Gasteiger partial charge in [0.05, 0.1) is 10.5 Å². The highest BCUT2D eigenvalue weighted by Gasteiger charge is 2.47. The monoisotopic (exact) mass is 491 g/mol. The second-order valence-corrected chi connectivity index (χ2v) is 11.0. The summed E-state index contributed by atoms with van der Waals surface area (Å²) in [5.41, 5.74) is -1.03. The van der Waals surface area contributed by atoms with Gasteiger partial charge in [-0.05, 0) is 48.8 Å². The number of amides is 2. The van der Waals surface area contributed by atoms with Crippen LogP contribution in [0.4, 0.5) is 18.0 Å². The molecule has 1 aliphatic heterocycles. The van der Waals surface area contributed by atoms with E-state index < -0.39 is 44.7 Å². The zero-order chi connectivity index (χ0) is 24.7. The zero-order valence-electron chi connectivity index (χ0n) is 18.5. The molecule has 4 atom stereocenters. The SMILES string of the molecule is CC(C)[C@@H](C(=O)N[C@@H]1CC[C@H]2CN(S(=O)(=O)c3cccc(C(F)(F)F)c3)C[C@H]21)N(C)C(=O)O. The first kappa shape index (κ1) is 25.3. The maximum absolute atomic E-state index is 13.0. The third-order valence-electron chi connectivity index (χ3n) is 6.57. The number of fused-ring (bicyclic) bond motifs is 1. The zero-order valence-corrected chi connectivity index (χ0v) is 19.4. The number of halogens is 3. The molecule has 1 saturated carbocycles. The van der Waals surface area contributed by atoms with Crippen LogP contribution < -0.4 is 5.32 Å².